The summed E-state index contributed by atoms with van der Waals surface area (Å²) in [5.74, 6) is 0.617. The highest BCUT2D eigenvalue weighted by molar-refractivity contribution is 5.94. The Hall–Kier alpha value is -2.61. The Morgan fingerprint density at radius 3 is 2.86 bits per heavy atom. The van der Waals surface area contributed by atoms with E-state index >= 15 is 0 Å². The van der Waals surface area contributed by atoms with Crippen molar-refractivity contribution < 1.29 is 13.9 Å². The summed E-state index contributed by atoms with van der Waals surface area (Å²) in [6.07, 6.45) is 6.45. The molecule has 0 bridgehead atoms. The number of ether oxygens (including phenoxy) is 1. The largest absolute Gasteiger partial charge is 0.472 e. The van der Waals surface area contributed by atoms with Crippen molar-refractivity contribution in [2.24, 2.45) is 0 Å². The number of anilines is 1. The Bertz CT molecular complexity index is 932. The van der Waals surface area contributed by atoms with Crippen LogP contribution in [0.25, 0.3) is 0 Å². The van der Waals surface area contributed by atoms with Gasteiger partial charge in [-0.3, -0.25) is 14.6 Å². The lowest BCUT2D eigenvalue weighted by molar-refractivity contribution is 0.0632. The predicted octanol–water partition coefficient (Wildman–Crippen LogP) is 1.32. The molecule has 0 aromatic carbocycles. The van der Waals surface area contributed by atoms with Crippen molar-refractivity contribution in [1.82, 2.24) is 14.9 Å². The molecule has 2 aromatic heterocycles. The molecule has 2 aromatic rings. The van der Waals surface area contributed by atoms with Crippen molar-refractivity contribution in [3.8, 4) is 0 Å². The van der Waals surface area contributed by atoms with Crippen LogP contribution in [-0.4, -0.2) is 60.2 Å². The van der Waals surface area contributed by atoms with Gasteiger partial charge in [0.2, 0.25) is 5.95 Å². The summed E-state index contributed by atoms with van der Waals surface area (Å²) in [5, 5.41) is 0. The number of likely N-dealkylation sites (tertiary alicyclic amines) is 1. The number of nitrogens with zero attached hydrogens (tertiary/aromatic N) is 3. The lowest BCUT2D eigenvalue weighted by Gasteiger charge is -2.40. The normalized spacial score (nSPS) is 24.6. The molecule has 1 aliphatic carbocycles. The molecule has 28 heavy (non-hydrogen) atoms. The van der Waals surface area contributed by atoms with Gasteiger partial charge in [0.25, 0.3) is 11.5 Å². The molecule has 0 radical (unpaired) electrons. The Morgan fingerprint density at radius 1 is 1.21 bits per heavy atom. The number of fused-ring (bicyclic) bond motifs is 2. The quantitative estimate of drug-likeness (QED) is 0.840. The third-order valence-corrected chi connectivity index (χ3v) is 6.30. The van der Waals surface area contributed by atoms with E-state index in [2.05, 4.69) is 9.88 Å². The van der Waals surface area contributed by atoms with Crippen LogP contribution in [0.3, 0.4) is 0 Å². The number of nitrogens with one attached hydrogen (secondary N) is 1. The molecule has 2 aliphatic heterocycles. The molecule has 3 aliphatic rings. The minimum absolute atomic E-state index is 0.0143. The maximum atomic E-state index is 12.8. The van der Waals surface area contributed by atoms with Gasteiger partial charge in [0.1, 0.15) is 6.26 Å². The van der Waals surface area contributed by atoms with Crippen LogP contribution in [-0.2, 0) is 16.6 Å². The zero-order chi connectivity index (χ0) is 19.1. The van der Waals surface area contributed by atoms with E-state index in [1.54, 1.807) is 6.07 Å². The number of furan rings is 1. The third kappa shape index (κ3) is 2.83. The third-order valence-electron chi connectivity index (χ3n) is 6.30. The van der Waals surface area contributed by atoms with Crippen LogP contribution in [0.2, 0.25) is 0 Å². The predicted molar refractivity (Wildman–Crippen MR) is 102 cm³/mol. The van der Waals surface area contributed by atoms with Crippen molar-refractivity contribution in [3.63, 3.8) is 0 Å². The highest BCUT2D eigenvalue weighted by atomic mass is 16.5. The van der Waals surface area contributed by atoms with Gasteiger partial charge >= 0.3 is 0 Å². The fraction of sp³-hybridized carbons (Fsp3) is 0.550. The average Bonchev–Trinajstić information content (AvgIpc) is 3.38. The summed E-state index contributed by atoms with van der Waals surface area (Å²) < 4.78 is 10.5. The molecule has 2 fully saturated rings. The molecule has 4 heterocycles. The minimum Gasteiger partial charge on any atom is -0.472 e. The number of amides is 1. The first-order valence-electron chi connectivity index (χ1n) is 9.94. The average molecular weight is 384 g/mol. The van der Waals surface area contributed by atoms with Gasteiger partial charge in [-0.2, -0.15) is 0 Å². The first-order valence-corrected chi connectivity index (χ1v) is 9.94. The maximum absolute atomic E-state index is 12.8. The molecule has 8 nitrogen and oxygen atoms in total. The molecule has 5 rings (SSSR count). The highest BCUT2D eigenvalue weighted by Crippen LogP contribution is 2.43. The summed E-state index contributed by atoms with van der Waals surface area (Å²) in [6.45, 7) is 4.04. The number of rotatable bonds is 2. The smallest absolute Gasteiger partial charge is 0.257 e. The van der Waals surface area contributed by atoms with Crippen molar-refractivity contribution in [2.45, 2.75) is 31.1 Å². The van der Waals surface area contributed by atoms with Gasteiger partial charge in [-0.25, -0.2) is 4.98 Å². The summed E-state index contributed by atoms with van der Waals surface area (Å²) >= 11 is 0. The summed E-state index contributed by atoms with van der Waals surface area (Å²) in [7, 11) is 0. The van der Waals surface area contributed by atoms with Crippen LogP contribution in [0.1, 0.15) is 40.9 Å². The van der Waals surface area contributed by atoms with E-state index in [0.717, 1.165) is 56.6 Å². The van der Waals surface area contributed by atoms with Crippen LogP contribution in [0, 0.1) is 0 Å². The summed E-state index contributed by atoms with van der Waals surface area (Å²) in [6, 6.07) is 1.70. The van der Waals surface area contributed by atoms with Crippen molar-refractivity contribution >= 4 is 11.9 Å². The number of aromatic amines is 1. The maximum Gasteiger partial charge on any atom is 0.257 e. The Morgan fingerprint density at radius 2 is 2.07 bits per heavy atom. The van der Waals surface area contributed by atoms with Crippen LogP contribution in [0.4, 0.5) is 5.95 Å². The van der Waals surface area contributed by atoms with Crippen LogP contribution >= 0.6 is 0 Å². The fourth-order valence-corrected chi connectivity index (χ4v) is 4.84. The lowest BCUT2D eigenvalue weighted by atomic mass is 9.77. The van der Waals surface area contributed by atoms with E-state index < -0.39 is 0 Å². The number of H-pyrrole nitrogens is 1. The summed E-state index contributed by atoms with van der Waals surface area (Å²) in [5.41, 5.74) is 1.98. The highest BCUT2D eigenvalue weighted by Gasteiger charge is 2.46. The Labute approximate surface area is 162 Å². The molecule has 148 valence electrons. The Kier molecular flexibility index (Phi) is 4.23. The molecule has 1 amide bonds. The lowest BCUT2D eigenvalue weighted by Crippen LogP contribution is -2.48. The molecular weight excluding hydrogens is 360 g/mol. The van der Waals surface area contributed by atoms with E-state index in [1.807, 2.05) is 4.90 Å². The van der Waals surface area contributed by atoms with Crippen LogP contribution in [0.5, 0.6) is 0 Å². The SMILES string of the molecule is O=C(c1ccoc1)N1CCCC2(CCc3c2nc(N2CCOCC2)[nH]c3=O)C1. The second-order valence-corrected chi connectivity index (χ2v) is 7.94. The number of piperidine rings is 1. The monoisotopic (exact) mass is 384 g/mol. The number of aromatic nitrogens is 2. The molecule has 0 saturated carbocycles. The van der Waals surface area contributed by atoms with Gasteiger partial charge < -0.3 is 19.0 Å². The van der Waals surface area contributed by atoms with E-state index in [-0.39, 0.29) is 16.9 Å². The van der Waals surface area contributed by atoms with E-state index in [1.165, 1.54) is 12.5 Å². The number of morpholine rings is 1. The van der Waals surface area contributed by atoms with E-state index in [4.69, 9.17) is 14.1 Å². The second-order valence-electron chi connectivity index (χ2n) is 7.94. The molecule has 1 unspecified atom stereocenters. The van der Waals surface area contributed by atoms with Gasteiger partial charge in [-0.15, -0.1) is 0 Å². The van der Waals surface area contributed by atoms with Crippen LogP contribution in [0.15, 0.2) is 27.8 Å². The number of carbonyl (C=O) groups excluding carboxylic acids is 1. The minimum atomic E-state index is -0.234. The van der Waals surface area contributed by atoms with Gasteiger partial charge in [0.05, 0.1) is 30.7 Å². The number of hydrogen-bond acceptors (Lipinski definition) is 6. The summed E-state index contributed by atoms with van der Waals surface area (Å²) in [4.78, 5) is 37.5. The zero-order valence-corrected chi connectivity index (χ0v) is 15.8. The topological polar surface area (TPSA) is 91.7 Å². The van der Waals surface area contributed by atoms with Gasteiger partial charge in [-0.05, 0) is 31.7 Å². The van der Waals surface area contributed by atoms with E-state index in [0.29, 0.717) is 31.3 Å². The molecule has 1 N–H and O–H groups in total. The first kappa shape index (κ1) is 17.5. The standard InChI is InChI=1S/C20H24N4O4/c25-17-15-2-5-20(16(15)21-19(22-17)23-7-10-27-11-8-23)4-1-6-24(13-20)18(26)14-3-9-28-12-14/h3,9,12H,1-2,4-8,10-11,13H2,(H,21,22,25). The second kappa shape index (κ2) is 6.77. The Balaban J connectivity index is 1.48. The van der Waals surface area contributed by atoms with Crippen molar-refractivity contribution in [2.75, 3.05) is 44.3 Å². The van der Waals surface area contributed by atoms with Crippen molar-refractivity contribution in [3.05, 3.63) is 45.8 Å². The fourth-order valence-electron chi connectivity index (χ4n) is 4.84. The number of hydrogen-bond donors (Lipinski definition) is 1. The number of carbonyl (C=O) groups is 1. The van der Waals surface area contributed by atoms with Gasteiger partial charge in [-0.1, -0.05) is 0 Å². The molecule has 2 saturated heterocycles. The van der Waals surface area contributed by atoms with Crippen LogP contribution < -0.4 is 10.5 Å². The molecular formula is C20H24N4O4. The first-order chi connectivity index (χ1) is 13.7. The van der Waals surface area contributed by atoms with E-state index in [9.17, 15) is 9.59 Å². The molecule has 1 spiro atoms. The van der Waals surface area contributed by atoms with Gasteiger partial charge in [0, 0.05) is 37.2 Å². The molecule has 1 atom stereocenters. The molecule has 8 heteroatoms. The van der Waals surface area contributed by atoms with Gasteiger partial charge in [0.15, 0.2) is 0 Å². The zero-order valence-electron chi connectivity index (χ0n) is 15.8. The van der Waals surface area contributed by atoms with Crippen molar-refractivity contribution in [1.29, 1.82) is 0 Å².